The summed E-state index contributed by atoms with van der Waals surface area (Å²) >= 11 is 0. The second kappa shape index (κ2) is 7.73. The van der Waals surface area contributed by atoms with Crippen LogP contribution in [0, 0.1) is 51.8 Å². The van der Waals surface area contributed by atoms with Gasteiger partial charge >= 0.3 is 0 Å². The number of aliphatic hydroxyl groups is 3. The maximum Gasteiger partial charge on any atom is 0.0636 e. The van der Waals surface area contributed by atoms with Gasteiger partial charge in [0.25, 0.3) is 0 Å². The number of rotatable bonds is 3. The van der Waals surface area contributed by atoms with E-state index < -0.39 is 0 Å². The first-order chi connectivity index (χ1) is 13.9. The minimum Gasteiger partial charge on any atom is -0.393 e. The molecule has 2 unspecified atom stereocenters. The summed E-state index contributed by atoms with van der Waals surface area (Å²) in [4.78, 5) is 0. The van der Waals surface area contributed by atoms with E-state index in [9.17, 15) is 15.3 Å². The van der Waals surface area contributed by atoms with Crippen molar-refractivity contribution in [3.05, 3.63) is 0 Å². The van der Waals surface area contributed by atoms with Crippen LogP contribution in [0.3, 0.4) is 0 Å². The van der Waals surface area contributed by atoms with E-state index in [-0.39, 0.29) is 41.0 Å². The van der Waals surface area contributed by atoms with Crippen molar-refractivity contribution in [2.24, 2.45) is 51.8 Å². The highest BCUT2D eigenvalue weighted by Crippen LogP contribution is 2.67. The topological polar surface area (TPSA) is 60.7 Å². The largest absolute Gasteiger partial charge is 0.393 e. The Bertz CT molecular complexity index is 626. The lowest BCUT2D eigenvalue weighted by molar-refractivity contribution is -0.222. The van der Waals surface area contributed by atoms with Crippen LogP contribution >= 0.6 is 0 Å². The van der Waals surface area contributed by atoms with Crippen LogP contribution in [0.4, 0.5) is 0 Å². The molecule has 30 heavy (non-hydrogen) atoms. The Balaban J connectivity index is 1.62. The van der Waals surface area contributed by atoms with E-state index in [4.69, 9.17) is 0 Å². The molecule has 0 aromatic heterocycles. The van der Waals surface area contributed by atoms with Crippen LogP contribution < -0.4 is 0 Å². The molecular weight excluding hydrogens is 372 g/mol. The Labute approximate surface area is 185 Å². The monoisotopic (exact) mass is 420 g/mol. The second-order valence-electron chi connectivity index (χ2n) is 13.6. The van der Waals surface area contributed by atoms with Crippen LogP contribution in [-0.4, -0.2) is 33.6 Å². The van der Waals surface area contributed by atoms with E-state index in [0.29, 0.717) is 29.1 Å². The van der Waals surface area contributed by atoms with E-state index in [1.54, 1.807) is 0 Å². The molecule has 174 valence electrons. The van der Waals surface area contributed by atoms with Crippen molar-refractivity contribution in [1.29, 1.82) is 0 Å². The van der Waals surface area contributed by atoms with Crippen molar-refractivity contribution in [2.45, 2.75) is 118 Å². The second-order valence-corrected chi connectivity index (χ2v) is 13.6. The maximum atomic E-state index is 12.1. The number of hydrogen-bond acceptors (Lipinski definition) is 3. The van der Waals surface area contributed by atoms with Crippen molar-refractivity contribution in [3.8, 4) is 0 Å². The maximum absolute atomic E-state index is 12.1. The molecule has 3 heteroatoms. The minimum atomic E-state index is -0.330. The Kier molecular flexibility index (Phi) is 5.94. The molecule has 4 rings (SSSR count). The molecule has 0 bridgehead atoms. The Morgan fingerprint density at radius 3 is 2.30 bits per heavy atom. The van der Waals surface area contributed by atoms with Crippen molar-refractivity contribution in [3.63, 3.8) is 0 Å². The highest BCUT2D eigenvalue weighted by Gasteiger charge is 2.65. The molecule has 0 heterocycles. The van der Waals surface area contributed by atoms with Gasteiger partial charge in [0.1, 0.15) is 0 Å². The first-order valence-electron chi connectivity index (χ1n) is 12.9. The van der Waals surface area contributed by atoms with E-state index >= 15 is 0 Å². The molecule has 0 aromatic rings. The molecule has 0 aliphatic heterocycles. The Hall–Kier alpha value is -0.120. The van der Waals surface area contributed by atoms with Crippen molar-refractivity contribution >= 4 is 0 Å². The zero-order valence-electron chi connectivity index (χ0n) is 20.4. The summed E-state index contributed by atoms with van der Waals surface area (Å²) < 4.78 is 0. The third-order valence-corrected chi connectivity index (χ3v) is 10.8. The molecular formula is C27H48O3. The predicted molar refractivity (Wildman–Crippen MR) is 122 cm³/mol. The molecule has 4 aliphatic rings. The number of fused-ring (bicyclic) bond motifs is 4. The lowest BCUT2D eigenvalue weighted by Gasteiger charge is -2.64. The zero-order valence-corrected chi connectivity index (χ0v) is 20.4. The van der Waals surface area contributed by atoms with E-state index in [1.165, 1.54) is 25.7 Å². The van der Waals surface area contributed by atoms with E-state index in [0.717, 1.165) is 32.1 Å². The standard InChI is InChI=1S/C27H48O3/c1-16(9-11-25(2,3)4)21-8-7-17-14-20-22(29)15-18-13-19(28)10-12-26(18,5)23(20)24(30)27(17,21)6/h16-24,28-30H,7-15H2,1-6H3/t16-,17-,18+,19-,20-,21-,22-,23?,24?,26+,27+/m1/s1. The summed E-state index contributed by atoms with van der Waals surface area (Å²) in [6.45, 7) is 14.2. The molecule has 0 amide bonds. The van der Waals surface area contributed by atoms with Crippen molar-refractivity contribution in [1.82, 2.24) is 0 Å². The number of hydrogen-bond donors (Lipinski definition) is 3. The molecule has 3 nitrogen and oxygen atoms in total. The first-order valence-corrected chi connectivity index (χ1v) is 12.9. The molecule has 4 aliphatic carbocycles. The quantitative estimate of drug-likeness (QED) is 0.572. The van der Waals surface area contributed by atoms with Crippen LogP contribution in [0.15, 0.2) is 0 Å². The van der Waals surface area contributed by atoms with Gasteiger partial charge in [-0.1, -0.05) is 41.5 Å². The van der Waals surface area contributed by atoms with Gasteiger partial charge in [-0.2, -0.15) is 0 Å². The summed E-state index contributed by atoms with van der Waals surface area (Å²) in [6, 6.07) is 0. The lowest BCUT2D eigenvalue weighted by atomic mass is 9.43. The van der Waals surface area contributed by atoms with Crippen LogP contribution in [0.1, 0.15) is 99.3 Å². The van der Waals surface area contributed by atoms with Crippen LogP contribution in [-0.2, 0) is 0 Å². The van der Waals surface area contributed by atoms with Crippen LogP contribution in [0.25, 0.3) is 0 Å². The fourth-order valence-electron chi connectivity index (χ4n) is 8.91. The first kappa shape index (κ1) is 23.1. The summed E-state index contributed by atoms with van der Waals surface area (Å²) in [6.07, 6.45) is 8.61. The molecule has 4 saturated carbocycles. The van der Waals surface area contributed by atoms with Crippen LogP contribution in [0.5, 0.6) is 0 Å². The lowest BCUT2D eigenvalue weighted by Crippen LogP contribution is -2.64. The molecule has 0 saturated heterocycles. The molecule has 0 spiro atoms. The third-order valence-electron chi connectivity index (χ3n) is 10.8. The average Bonchev–Trinajstić information content (AvgIpc) is 2.99. The average molecular weight is 421 g/mol. The molecule has 11 atom stereocenters. The summed E-state index contributed by atoms with van der Waals surface area (Å²) in [7, 11) is 0. The van der Waals surface area contributed by atoms with Gasteiger partial charge in [-0.05, 0) is 110 Å². The van der Waals surface area contributed by atoms with Gasteiger partial charge in [0.15, 0.2) is 0 Å². The highest BCUT2D eigenvalue weighted by molar-refractivity contribution is 5.14. The molecule has 0 radical (unpaired) electrons. The molecule has 4 fully saturated rings. The number of aliphatic hydroxyl groups excluding tert-OH is 3. The molecule has 3 N–H and O–H groups in total. The SMILES string of the molecule is C[C@H](CCC(C)(C)C)[C@H]1CC[C@@H]2C[C@H]3C(C(O)[C@@]21C)[C@@]1(C)CC[C@@H](O)C[C@H]1C[C@H]3O. The van der Waals surface area contributed by atoms with Gasteiger partial charge in [0, 0.05) is 0 Å². The summed E-state index contributed by atoms with van der Waals surface area (Å²) in [5.41, 5.74) is 0.387. The smallest absolute Gasteiger partial charge is 0.0636 e. The fraction of sp³-hybridized carbons (Fsp3) is 1.00. The summed E-state index contributed by atoms with van der Waals surface area (Å²) in [5, 5.41) is 33.5. The van der Waals surface area contributed by atoms with Gasteiger partial charge in [0.05, 0.1) is 18.3 Å². The van der Waals surface area contributed by atoms with Gasteiger partial charge in [0.2, 0.25) is 0 Å². The normalized spacial score (nSPS) is 52.3. The summed E-state index contributed by atoms with van der Waals surface area (Å²) in [5.74, 6) is 2.51. The Morgan fingerprint density at radius 2 is 1.63 bits per heavy atom. The zero-order chi connectivity index (χ0) is 22.1. The van der Waals surface area contributed by atoms with Crippen molar-refractivity contribution in [2.75, 3.05) is 0 Å². The van der Waals surface area contributed by atoms with E-state index in [1.807, 2.05) is 0 Å². The van der Waals surface area contributed by atoms with Gasteiger partial charge < -0.3 is 15.3 Å². The third kappa shape index (κ3) is 3.59. The van der Waals surface area contributed by atoms with E-state index in [2.05, 4.69) is 41.5 Å². The fourth-order valence-corrected chi connectivity index (χ4v) is 8.91. The molecule has 0 aromatic carbocycles. The van der Waals surface area contributed by atoms with Crippen molar-refractivity contribution < 1.29 is 15.3 Å². The van der Waals surface area contributed by atoms with Crippen LogP contribution in [0.2, 0.25) is 0 Å². The highest BCUT2D eigenvalue weighted by atomic mass is 16.3. The van der Waals surface area contributed by atoms with Gasteiger partial charge in [-0.25, -0.2) is 0 Å². The predicted octanol–water partition coefficient (Wildman–Crippen LogP) is 5.41. The van der Waals surface area contributed by atoms with Gasteiger partial charge in [-0.15, -0.1) is 0 Å². The Morgan fingerprint density at radius 1 is 0.933 bits per heavy atom. The minimum absolute atomic E-state index is 0.0286. The van der Waals surface area contributed by atoms with Gasteiger partial charge in [-0.3, -0.25) is 0 Å².